The van der Waals surface area contributed by atoms with Crippen LogP contribution in [0.25, 0.3) is 0 Å². The highest BCUT2D eigenvalue weighted by Gasteiger charge is 2.37. The van der Waals surface area contributed by atoms with Gasteiger partial charge < -0.3 is 0 Å². The van der Waals surface area contributed by atoms with E-state index in [1.807, 2.05) is 36.4 Å². The third-order valence-electron chi connectivity index (χ3n) is 2.92. The van der Waals surface area contributed by atoms with E-state index in [0.29, 0.717) is 0 Å². The minimum Gasteiger partial charge on any atom is -0.249 e. The first-order valence-electron chi connectivity index (χ1n) is 5.63. The standard InChI is InChI=1S/C14H13OS2/c1-2-16-11-7-3-5-9-13(11)17(15)14-10-6-4-8-12(14)16/h3-10H,2H2,1H3/q+1. The molecule has 2 aromatic rings. The van der Waals surface area contributed by atoms with E-state index in [1.165, 1.54) is 9.79 Å². The van der Waals surface area contributed by atoms with Crippen molar-refractivity contribution in [2.45, 2.75) is 26.5 Å². The van der Waals surface area contributed by atoms with E-state index in [0.717, 1.165) is 15.5 Å². The second-order valence-corrected chi connectivity index (χ2v) is 7.50. The van der Waals surface area contributed by atoms with Gasteiger partial charge in [-0.1, -0.05) is 24.3 Å². The monoisotopic (exact) mass is 261 g/mol. The zero-order valence-corrected chi connectivity index (χ0v) is 11.2. The van der Waals surface area contributed by atoms with Gasteiger partial charge >= 0.3 is 0 Å². The second kappa shape index (κ2) is 4.31. The SMILES string of the molecule is CC[S+]1c2ccccc2S(=O)c2ccccc21. The van der Waals surface area contributed by atoms with Gasteiger partial charge in [0.15, 0.2) is 9.79 Å². The summed E-state index contributed by atoms with van der Waals surface area (Å²) in [5.41, 5.74) is 0. The molecule has 2 aromatic carbocycles. The molecule has 1 aliphatic heterocycles. The highest BCUT2D eigenvalue weighted by molar-refractivity contribution is 7.99. The van der Waals surface area contributed by atoms with Crippen LogP contribution in [-0.4, -0.2) is 9.96 Å². The highest BCUT2D eigenvalue weighted by Crippen LogP contribution is 2.38. The van der Waals surface area contributed by atoms with Gasteiger partial charge in [0.05, 0.1) is 31.5 Å². The van der Waals surface area contributed by atoms with E-state index in [1.54, 1.807) is 0 Å². The number of fused-ring (bicyclic) bond motifs is 2. The Balaban J connectivity index is 2.29. The lowest BCUT2D eigenvalue weighted by Gasteiger charge is -2.17. The van der Waals surface area contributed by atoms with Gasteiger partial charge in [0, 0.05) is 0 Å². The molecule has 0 fully saturated rings. The fraction of sp³-hybridized carbons (Fsp3) is 0.143. The summed E-state index contributed by atoms with van der Waals surface area (Å²) in [7, 11) is -0.921. The zero-order valence-electron chi connectivity index (χ0n) is 9.55. The van der Waals surface area contributed by atoms with Crippen LogP contribution < -0.4 is 0 Å². The third-order valence-corrected chi connectivity index (χ3v) is 7.04. The lowest BCUT2D eigenvalue weighted by Crippen LogP contribution is -2.17. The van der Waals surface area contributed by atoms with E-state index in [9.17, 15) is 4.21 Å². The van der Waals surface area contributed by atoms with Crippen molar-refractivity contribution in [1.29, 1.82) is 0 Å². The van der Waals surface area contributed by atoms with Gasteiger partial charge in [-0.15, -0.1) is 0 Å². The van der Waals surface area contributed by atoms with Crippen LogP contribution in [0.2, 0.25) is 0 Å². The molecule has 0 unspecified atom stereocenters. The first-order valence-corrected chi connectivity index (χ1v) is 8.18. The summed E-state index contributed by atoms with van der Waals surface area (Å²) < 4.78 is 12.5. The quantitative estimate of drug-likeness (QED) is 0.720. The molecular formula is C14H13OS2+. The topological polar surface area (TPSA) is 17.1 Å². The third kappa shape index (κ3) is 1.65. The molecule has 0 aliphatic carbocycles. The number of rotatable bonds is 1. The summed E-state index contributed by atoms with van der Waals surface area (Å²) in [5, 5.41) is 0. The Bertz CT molecular complexity index is 543. The molecule has 3 heteroatoms. The Hall–Kier alpha value is -1.06. The molecule has 1 nitrogen and oxygen atoms in total. The van der Waals surface area contributed by atoms with E-state index in [4.69, 9.17) is 0 Å². The fourth-order valence-electron chi connectivity index (χ4n) is 2.16. The maximum atomic E-state index is 12.5. The molecule has 1 aliphatic rings. The van der Waals surface area contributed by atoms with Crippen molar-refractivity contribution < 1.29 is 4.21 Å². The van der Waals surface area contributed by atoms with Crippen molar-refractivity contribution >= 4 is 21.7 Å². The maximum absolute atomic E-state index is 12.5. The summed E-state index contributed by atoms with van der Waals surface area (Å²) in [6.45, 7) is 2.20. The van der Waals surface area contributed by atoms with Gasteiger partial charge in [-0.3, -0.25) is 0 Å². The maximum Gasteiger partial charge on any atom is 0.177 e. The molecule has 17 heavy (non-hydrogen) atoms. The predicted octanol–water partition coefficient (Wildman–Crippen LogP) is 3.22. The highest BCUT2D eigenvalue weighted by atomic mass is 32.2. The van der Waals surface area contributed by atoms with Crippen LogP contribution in [0.15, 0.2) is 68.1 Å². The normalized spacial score (nSPS) is 21.7. The molecule has 0 atom stereocenters. The first-order chi connectivity index (χ1) is 8.33. The van der Waals surface area contributed by atoms with Crippen molar-refractivity contribution in [2.75, 3.05) is 5.75 Å². The molecule has 0 radical (unpaired) electrons. The lowest BCUT2D eigenvalue weighted by atomic mass is 10.3. The average molecular weight is 261 g/mol. The van der Waals surface area contributed by atoms with Gasteiger partial charge in [0.2, 0.25) is 0 Å². The molecule has 0 saturated carbocycles. The van der Waals surface area contributed by atoms with Crippen LogP contribution in [0.1, 0.15) is 6.92 Å². The van der Waals surface area contributed by atoms with Gasteiger partial charge in [0.25, 0.3) is 0 Å². The van der Waals surface area contributed by atoms with Gasteiger partial charge in [-0.25, -0.2) is 4.21 Å². The Kier molecular flexibility index (Phi) is 2.81. The van der Waals surface area contributed by atoms with Gasteiger partial charge in [-0.05, 0) is 31.2 Å². The Morgan fingerprint density at radius 3 is 1.88 bits per heavy atom. The van der Waals surface area contributed by atoms with Crippen molar-refractivity contribution in [3.05, 3.63) is 48.5 Å². The molecule has 1 heterocycles. The van der Waals surface area contributed by atoms with Crippen LogP contribution in [0, 0.1) is 0 Å². The van der Waals surface area contributed by atoms with Crippen molar-refractivity contribution in [3.63, 3.8) is 0 Å². The van der Waals surface area contributed by atoms with Crippen molar-refractivity contribution in [2.24, 2.45) is 0 Å². The Morgan fingerprint density at radius 1 is 0.941 bits per heavy atom. The molecule has 0 amide bonds. The van der Waals surface area contributed by atoms with Crippen molar-refractivity contribution in [3.8, 4) is 0 Å². The Labute approximate surface area is 107 Å². The van der Waals surface area contributed by atoms with E-state index < -0.39 is 10.8 Å². The van der Waals surface area contributed by atoms with Crippen LogP contribution >= 0.6 is 0 Å². The largest absolute Gasteiger partial charge is 0.249 e. The second-order valence-electron chi connectivity index (χ2n) is 3.84. The smallest absolute Gasteiger partial charge is 0.177 e. The molecule has 0 N–H and O–H groups in total. The summed E-state index contributed by atoms with van der Waals surface area (Å²) in [6.07, 6.45) is 0. The summed E-state index contributed by atoms with van der Waals surface area (Å²) >= 11 is 0. The molecule has 0 spiro atoms. The zero-order chi connectivity index (χ0) is 11.8. The van der Waals surface area contributed by atoms with Crippen LogP contribution in [0.5, 0.6) is 0 Å². The molecular weight excluding hydrogens is 248 g/mol. The number of benzene rings is 2. The lowest BCUT2D eigenvalue weighted by molar-refractivity contribution is 0.679. The van der Waals surface area contributed by atoms with E-state index in [2.05, 4.69) is 19.1 Å². The van der Waals surface area contributed by atoms with E-state index >= 15 is 0 Å². The van der Waals surface area contributed by atoms with E-state index in [-0.39, 0.29) is 10.9 Å². The molecule has 0 saturated heterocycles. The predicted molar refractivity (Wildman–Crippen MR) is 72.0 cm³/mol. The minimum absolute atomic E-state index is 0.0848. The minimum atomic E-state index is -1.01. The molecule has 0 aromatic heterocycles. The number of hydrogen-bond acceptors (Lipinski definition) is 1. The van der Waals surface area contributed by atoms with Gasteiger partial charge in [0.1, 0.15) is 5.75 Å². The summed E-state index contributed by atoms with van der Waals surface area (Å²) in [5.74, 6) is 1.07. The van der Waals surface area contributed by atoms with Crippen molar-refractivity contribution in [1.82, 2.24) is 0 Å². The fourth-order valence-corrected chi connectivity index (χ4v) is 6.33. The first kappa shape index (κ1) is 11.1. The number of hydrogen-bond donors (Lipinski definition) is 0. The average Bonchev–Trinajstić information content (AvgIpc) is 2.40. The summed E-state index contributed by atoms with van der Waals surface area (Å²) in [6, 6.07) is 16.3. The molecule has 86 valence electrons. The van der Waals surface area contributed by atoms with Gasteiger partial charge in [-0.2, -0.15) is 0 Å². The van der Waals surface area contributed by atoms with Crippen LogP contribution in [-0.2, 0) is 21.7 Å². The van der Waals surface area contributed by atoms with Crippen LogP contribution in [0.4, 0.5) is 0 Å². The van der Waals surface area contributed by atoms with Crippen LogP contribution in [0.3, 0.4) is 0 Å². The molecule has 0 bridgehead atoms. The Morgan fingerprint density at radius 2 is 1.41 bits per heavy atom. The summed E-state index contributed by atoms with van der Waals surface area (Å²) in [4.78, 5) is 4.51. The molecule has 3 rings (SSSR count).